The van der Waals surface area contributed by atoms with E-state index < -0.39 is 4.84 Å². The number of nitrogens with one attached hydrogen (secondary N) is 1. The fraction of sp³-hybridized carbons (Fsp3) is 0.857. The van der Waals surface area contributed by atoms with Crippen molar-refractivity contribution in [2.45, 2.75) is 23.8 Å². The topological polar surface area (TPSA) is 38.3 Å². The molecule has 12 heavy (non-hydrogen) atoms. The Bertz CT molecular complexity index is 157. The Hall–Kier alpha value is 0.01000. The molecule has 1 heterocycles. The highest BCUT2D eigenvalue weighted by Gasteiger charge is 2.23. The fourth-order valence-electron chi connectivity index (χ4n) is 1.08. The number of carbonyl (C=O) groups excluding carboxylic acids is 1. The maximum atomic E-state index is 11.2. The van der Waals surface area contributed by atoms with Gasteiger partial charge in [0.2, 0.25) is 5.91 Å². The Kier molecular flexibility index (Phi) is 4.12. The van der Waals surface area contributed by atoms with Gasteiger partial charge >= 0.3 is 0 Å². The summed E-state index contributed by atoms with van der Waals surface area (Å²) in [7, 11) is 0. The summed E-state index contributed by atoms with van der Waals surface area (Å²) < 4.78 is 5.15. The highest BCUT2D eigenvalue weighted by molar-refractivity contribution is 6.44. The van der Waals surface area contributed by atoms with Crippen LogP contribution in [-0.4, -0.2) is 30.0 Å². The van der Waals surface area contributed by atoms with E-state index in [1.54, 1.807) is 0 Å². The normalized spacial score (nSPS) is 23.1. The van der Waals surface area contributed by atoms with E-state index in [-0.39, 0.29) is 18.6 Å². The zero-order valence-electron chi connectivity index (χ0n) is 6.56. The predicted molar refractivity (Wildman–Crippen MR) is 47.5 cm³/mol. The number of alkyl halides is 2. The van der Waals surface area contributed by atoms with Crippen molar-refractivity contribution in [2.75, 3.05) is 13.2 Å². The first-order valence-electron chi connectivity index (χ1n) is 3.87. The maximum Gasteiger partial charge on any atom is 0.249 e. The van der Waals surface area contributed by atoms with Gasteiger partial charge in [0.25, 0.3) is 0 Å². The lowest BCUT2D eigenvalue weighted by atomic mass is 10.2. The van der Waals surface area contributed by atoms with E-state index in [0.29, 0.717) is 6.61 Å². The predicted octanol–water partition coefficient (Wildman–Crippen LogP) is 1.09. The van der Waals surface area contributed by atoms with Crippen molar-refractivity contribution in [3.05, 3.63) is 0 Å². The van der Waals surface area contributed by atoms with Crippen LogP contribution in [0.2, 0.25) is 0 Å². The number of halogens is 2. The van der Waals surface area contributed by atoms with Crippen LogP contribution in [0.25, 0.3) is 0 Å². The van der Waals surface area contributed by atoms with E-state index in [0.717, 1.165) is 12.8 Å². The van der Waals surface area contributed by atoms with E-state index in [4.69, 9.17) is 27.9 Å². The van der Waals surface area contributed by atoms with Crippen LogP contribution in [0, 0.1) is 0 Å². The van der Waals surface area contributed by atoms with Crippen LogP contribution in [0.4, 0.5) is 0 Å². The molecule has 1 aliphatic rings. The van der Waals surface area contributed by atoms with E-state index in [2.05, 4.69) is 5.32 Å². The Labute approximate surface area is 81.4 Å². The number of ether oxygens (including phenoxy) is 1. The van der Waals surface area contributed by atoms with E-state index in [9.17, 15) is 4.79 Å². The fourth-order valence-corrected chi connectivity index (χ4v) is 1.23. The molecule has 1 atom stereocenters. The van der Waals surface area contributed by atoms with Crippen molar-refractivity contribution < 1.29 is 9.53 Å². The van der Waals surface area contributed by atoms with Crippen molar-refractivity contribution in [1.29, 1.82) is 0 Å². The van der Waals surface area contributed by atoms with Gasteiger partial charge in [-0.25, -0.2) is 0 Å². The van der Waals surface area contributed by atoms with Gasteiger partial charge < -0.3 is 10.1 Å². The number of hydrogen-bond donors (Lipinski definition) is 1. The van der Waals surface area contributed by atoms with E-state index >= 15 is 0 Å². The summed E-state index contributed by atoms with van der Waals surface area (Å²) >= 11 is 10.9. The van der Waals surface area contributed by atoms with Crippen LogP contribution in [0.5, 0.6) is 0 Å². The molecule has 0 spiro atoms. The van der Waals surface area contributed by atoms with Gasteiger partial charge in [0, 0.05) is 13.2 Å². The van der Waals surface area contributed by atoms with E-state index in [1.165, 1.54) is 0 Å². The lowest BCUT2D eigenvalue weighted by Crippen LogP contribution is -2.36. The van der Waals surface area contributed by atoms with Crippen LogP contribution in [0.3, 0.4) is 0 Å². The maximum absolute atomic E-state index is 11.2. The first-order chi connectivity index (χ1) is 5.70. The molecule has 1 aliphatic heterocycles. The van der Waals surface area contributed by atoms with Crippen molar-refractivity contribution in [2.24, 2.45) is 0 Å². The molecule has 0 radical (unpaired) electrons. The zero-order valence-corrected chi connectivity index (χ0v) is 8.07. The number of carbonyl (C=O) groups is 1. The number of hydrogen-bond acceptors (Lipinski definition) is 2. The molecule has 1 fully saturated rings. The highest BCUT2D eigenvalue weighted by Crippen LogP contribution is 2.11. The van der Waals surface area contributed by atoms with Crippen LogP contribution >= 0.6 is 23.2 Å². The summed E-state index contributed by atoms with van der Waals surface area (Å²) in [6, 6.07) is 0. The minimum atomic E-state index is -0.546. The van der Waals surface area contributed by atoms with E-state index in [1.807, 2.05) is 0 Å². The molecular formula is C7H11Cl2NO2. The molecule has 0 aromatic carbocycles. The van der Waals surface area contributed by atoms with Crippen LogP contribution in [-0.2, 0) is 9.53 Å². The van der Waals surface area contributed by atoms with Gasteiger partial charge in [-0.1, -0.05) is 0 Å². The van der Waals surface area contributed by atoms with Crippen molar-refractivity contribution in [1.82, 2.24) is 5.32 Å². The van der Waals surface area contributed by atoms with Gasteiger partial charge in [-0.2, -0.15) is 0 Å². The molecule has 0 aliphatic carbocycles. The minimum absolute atomic E-state index is 0.112. The molecule has 0 unspecified atom stereocenters. The quantitative estimate of drug-likeness (QED) is 0.711. The van der Waals surface area contributed by atoms with Gasteiger partial charge in [0.15, 0.2) is 0 Å². The summed E-state index contributed by atoms with van der Waals surface area (Å²) in [5, 5.41) is 2.60. The monoisotopic (exact) mass is 211 g/mol. The largest absolute Gasteiger partial charge is 0.368 e. The third kappa shape index (κ3) is 3.17. The second kappa shape index (κ2) is 4.90. The molecule has 0 bridgehead atoms. The molecule has 1 amide bonds. The van der Waals surface area contributed by atoms with Crippen molar-refractivity contribution in [3.8, 4) is 0 Å². The summed E-state index contributed by atoms with van der Waals surface area (Å²) in [4.78, 5) is 10.7. The van der Waals surface area contributed by atoms with Gasteiger partial charge in [0.05, 0.1) is 0 Å². The highest BCUT2D eigenvalue weighted by atomic mass is 35.5. The lowest BCUT2D eigenvalue weighted by molar-refractivity contribution is -0.129. The number of amides is 1. The van der Waals surface area contributed by atoms with Gasteiger partial charge in [0.1, 0.15) is 10.9 Å². The molecule has 1 saturated heterocycles. The molecule has 1 N–H and O–H groups in total. The zero-order chi connectivity index (χ0) is 8.97. The molecule has 0 saturated carbocycles. The Balaban J connectivity index is 2.18. The smallest absolute Gasteiger partial charge is 0.249 e. The molecular weight excluding hydrogens is 201 g/mol. The number of rotatable bonds is 3. The summed E-state index contributed by atoms with van der Waals surface area (Å²) in [5.41, 5.74) is 0. The van der Waals surface area contributed by atoms with Gasteiger partial charge in [-0.3, -0.25) is 4.79 Å². The van der Waals surface area contributed by atoms with Crippen molar-refractivity contribution in [3.63, 3.8) is 0 Å². The van der Waals surface area contributed by atoms with Crippen LogP contribution in [0.1, 0.15) is 12.8 Å². The third-order valence-corrected chi connectivity index (χ3v) is 1.96. The SMILES string of the molecule is O=C(NCC(Cl)Cl)[C@@H]1CCCO1. The second-order valence-corrected chi connectivity index (χ2v) is 3.91. The average Bonchev–Trinajstić information content (AvgIpc) is 2.51. The Morgan fingerprint density at radius 2 is 2.42 bits per heavy atom. The van der Waals surface area contributed by atoms with Crippen LogP contribution in [0.15, 0.2) is 0 Å². The molecule has 0 aromatic heterocycles. The second-order valence-electron chi connectivity index (χ2n) is 2.64. The summed E-state index contributed by atoms with van der Waals surface area (Å²) in [6.45, 7) is 0.949. The first-order valence-corrected chi connectivity index (χ1v) is 4.75. The average molecular weight is 212 g/mol. The van der Waals surface area contributed by atoms with Gasteiger partial charge in [-0.05, 0) is 12.8 Å². The summed E-state index contributed by atoms with van der Waals surface area (Å²) in [6.07, 6.45) is 1.45. The molecule has 3 nitrogen and oxygen atoms in total. The van der Waals surface area contributed by atoms with Crippen LogP contribution < -0.4 is 5.32 Å². The molecule has 70 valence electrons. The van der Waals surface area contributed by atoms with Gasteiger partial charge in [-0.15, -0.1) is 23.2 Å². The Morgan fingerprint density at radius 3 is 2.92 bits per heavy atom. The first kappa shape index (κ1) is 10.1. The Morgan fingerprint density at radius 1 is 1.67 bits per heavy atom. The minimum Gasteiger partial charge on any atom is -0.368 e. The molecule has 5 heteroatoms. The molecule has 1 rings (SSSR count). The van der Waals surface area contributed by atoms with Crippen molar-refractivity contribution >= 4 is 29.1 Å². The third-order valence-electron chi connectivity index (χ3n) is 1.65. The molecule has 0 aromatic rings. The summed E-state index contributed by atoms with van der Waals surface area (Å²) in [5.74, 6) is -0.112. The lowest BCUT2D eigenvalue weighted by Gasteiger charge is -2.09. The standard InChI is InChI=1S/C7H11Cl2NO2/c8-6(9)4-10-7(11)5-2-1-3-12-5/h5-6H,1-4H2,(H,10,11)/t5-/m0/s1.